The van der Waals surface area contributed by atoms with Crippen molar-refractivity contribution in [1.82, 2.24) is 14.3 Å². The first-order valence-electron chi connectivity index (χ1n) is 7.36. The summed E-state index contributed by atoms with van der Waals surface area (Å²) in [6.45, 7) is 1.53. The van der Waals surface area contributed by atoms with Crippen molar-refractivity contribution in [2.24, 2.45) is 0 Å². The third-order valence-electron chi connectivity index (χ3n) is 3.43. The standard InChI is InChI=1S/C15H16F3N3O3S/c1-2-11-9-14(22)21(10-19-11)8-7-20-25(23,24)13-6-4-3-5-12(13)15(16,17)18/h3-6,9-10,20H,2,7-8H2,1H3. The SMILES string of the molecule is CCc1cc(=O)n(CCNS(=O)(=O)c2ccccc2C(F)(F)F)cn1. The second-order valence-electron chi connectivity index (χ2n) is 5.16. The quantitative estimate of drug-likeness (QED) is 0.835. The Morgan fingerprint density at radius 3 is 2.52 bits per heavy atom. The molecule has 0 bridgehead atoms. The van der Waals surface area contributed by atoms with Gasteiger partial charge in [0.15, 0.2) is 0 Å². The molecule has 0 saturated heterocycles. The highest BCUT2D eigenvalue weighted by Crippen LogP contribution is 2.33. The minimum Gasteiger partial charge on any atom is -0.298 e. The van der Waals surface area contributed by atoms with Crippen molar-refractivity contribution in [2.75, 3.05) is 6.54 Å². The molecule has 1 aromatic carbocycles. The summed E-state index contributed by atoms with van der Waals surface area (Å²) in [4.78, 5) is 15.0. The number of aromatic nitrogens is 2. The number of halogens is 3. The van der Waals surface area contributed by atoms with E-state index in [-0.39, 0.29) is 18.6 Å². The lowest BCUT2D eigenvalue weighted by atomic mass is 10.2. The van der Waals surface area contributed by atoms with Gasteiger partial charge in [0, 0.05) is 24.8 Å². The van der Waals surface area contributed by atoms with Gasteiger partial charge in [-0.25, -0.2) is 18.1 Å². The number of benzene rings is 1. The van der Waals surface area contributed by atoms with Gasteiger partial charge >= 0.3 is 6.18 Å². The summed E-state index contributed by atoms with van der Waals surface area (Å²) < 4.78 is 66.4. The number of hydrogen-bond donors (Lipinski definition) is 1. The van der Waals surface area contributed by atoms with Crippen LogP contribution in [0.4, 0.5) is 13.2 Å². The Labute approximate surface area is 142 Å². The molecule has 1 aromatic heterocycles. The van der Waals surface area contributed by atoms with E-state index in [1.807, 2.05) is 6.92 Å². The monoisotopic (exact) mass is 375 g/mol. The number of hydrogen-bond acceptors (Lipinski definition) is 4. The maximum atomic E-state index is 12.9. The summed E-state index contributed by atoms with van der Waals surface area (Å²) in [6, 6.07) is 5.24. The zero-order valence-corrected chi connectivity index (χ0v) is 14.1. The van der Waals surface area contributed by atoms with Crippen LogP contribution >= 0.6 is 0 Å². The first kappa shape index (κ1) is 19.1. The Morgan fingerprint density at radius 2 is 1.92 bits per heavy atom. The van der Waals surface area contributed by atoms with Gasteiger partial charge in [0.1, 0.15) is 0 Å². The fourth-order valence-corrected chi connectivity index (χ4v) is 3.38. The fraction of sp³-hybridized carbons (Fsp3) is 0.333. The van der Waals surface area contributed by atoms with E-state index in [9.17, 15) is 26.4 Å². The molecule has 10 heteroatoms. The second kappa shape index (κ2) is 7.36. The smallest absolute Gasteiger partial charge is 0.298 e. The van der Waals surface area contributed by atoms with E-state index in [2.05, 4.69) is 9.71 Å². The van der Waals surface area contributed by atoms with Gasteiger partial charge < -0.3 is 0 Å². The molecule has 0 amide bonds. The maximum absolute atomic E-state index is 12.9. The van der Waals surface area contributed by atoms with Crippen molar-refractivity contribution in [3.8, 4) is 0 Å². The predicted molar refractivity (Wildman–Crippen MR) is 84.5 cm³/mol. The van der Waals surface area contributed by atoms with Gasteiger partial charge in [-0.15, -0.1) is 0 Å². The number of rotatable bonds is 6. The van der Waals surface area contributed by atoms with Crippen molar-refractivity contribution < 1.29 is 21.6 Å². The van der Waals surface area contributed by atoms with Gasteiger partial charge in [0.2, 0.25) is 10.0 Å². The molecule has 0 radical (unpaired) electrons. The lowest BCUT2D eigenvalue weighted by Crippen LogP contribution is -2.32. The topological polar surface area (TPSA) is 81.1 Å². The van der Waals surface area contributed by atoms with E-state index < -0.39 is 26.7 Å². The molecule has 0 aliphatic heterocycles. The van der Waals surface area contributed by atoms with Gasteiger partial charge in [-0.3, -0.25) is 9.36 Å². The van der Waals surface area contributed by atoms with Crippen molar-refractivity contribution in [2.45, 2.75) is 31.0 Å². The molecule has 25 heavy (non-hydrogen) atoms. The van der Waals surface area contributed by atoms with Gasteiger partial charge in [0.05, 0.1) is 16.8 Å². The van der Waals surface area contributed by atoms with Gasteiger partial charge in [0.25, 0.3) is 5.56 Å². The van der Waals surface area contributed by atoms with Crippen LogP contribution < -0.4 is 10.3 Å². The first-order chi connectivity index (χ1) is 11.6. The van der Waals surface area contributed by atoms with E-state index in [1.54, 1.807) is 0 Å². The van der Waals surface area contributed by atoms with Crippen molar-refractivity contribution in [1.29, 1.82) is 0 Å². The molecule has 0 fully saturated rings. The Kier molecular flexibility index (Phi) is 5.63. The molecule has 0 spiro atoms. The Balaban J connectivity index is 2.15. The maximum Gasteiger partial charge on any atom is 0.417 e. The Hall–Kier alpha value is -2.20. The van der Waals surface area contributed by atoms with Crippen molar-refractivity contribution in [3.63, 3.8) is 0 Å². The van der Waals surface area contributed by atoms with Crippen molar-refractivity contribution in [3.05, 3.63) is 58.3 Å². The molecule has 0 aliphatic carbocycles. The highest BCUT2D eigenvalue weighted by atomic mass is 32.2. The summed E-state index contributed by atoms with van der Waals surface area (Å²) in [7, 11) is -4.38. The van der Waals surface area contributed by atoms with Crippen LogP contribution in [0.15, 0.2) is 46.3 Å². The molecule has 6 nitrogen and oxygen atoms in total. The molecule has 136 valence electrons. The molecule has 2 rings (SSSR count). The largest absolute Gasteiger partial charge is 0.417 e. The summed E-state index contributed by atoms with van der Waals surface area (Å²) >= 11 is 0. The zero-order valence-electron chi connectivity index (χ0n) is 13.2. The van der Waals surface area contributed by atoms with E-state index in [0.29, 0.717) is 18.2 Å². The highest BCUT2D eigenvalue weighted by Gasteiger charge is 2.36. The minimum absolute atomic E-state index is 0.0523. The lowest BCUT2D eigenvalue weighted by Gasteiger charge is -2.14. The summed E-state index contributed by atoms with van der Waals surface area (Å²) in [5, 5.41) is 0. The second-order valence-corrected chi connectivity index (χ2v) is 6.89. The van der Waals surface area contributed by atoms with E-state index in [0.717, 1.165) is 12.1 Å². The van der Waals surface area contributed by atoms with Crippen LogP contribution in [0.2, 0.25) is 0 Å². The molecule has 0 saturated carbocycles. The molecule has 0 atom stereocenters. The zero-order chi connectivity index (χ0) is 18.7. The van der Waals surface area contributed by atoms with Crippen LogP contribution in [0.3, 0.4) is 0 Å². The molecular formula is C15H16F3N3O3S. The molecule has 0 aliphatic rings. The number of nitrogens with one attached hydrogen (secondary N) is 1. The number of nitrogens with zero attached hydrogens (tertiary/aromatic N) is 2. The van der Waals surface area contributed by atoms with Crippen LogP contribution in [0, 0.1) is 0 Å². The van der Waals surface area contributed by atoms with E-state index in [4.69, 9.17) is 0 Å². The predicted octanol–water partition coefficient (Wildman–Crippen LogP) is 1.80. The summed E-state index contributed by atoms with van der Waals surface area (Å²) in [6.07, 6.45) is -2.93. The number of sulfonamides is 1. The molecule has 1 heterocycles. The van der Waals surface area contributed by atoms with Crippen LogP contribution in [0.1, 0.15) is 18.2 Å². The highest BCUT2D eigenvalue weighted by molar-refractivity contribution is 7.89. The average molecular weight is 375 g/mol. The Morgan fingerprint density at radius 1 is 1.24 bits per heavy atom. The number of alkyl halides is 3. The first-order valence-corrected chi connectivity index (χ1v) is 8.84. The van der Waals surface area contributed by atoms with Crippen LogP contribution in [-0.2, 0) is 29.2 Å². The van der Waals surface area contributed by atoms with E-state index in [1.165, 1.54) is 23.0 Å². The average Bonchev–Trinajstić information content (AvgIpc) is 2.55. The van der Waals surface area contributed by atoms with Gasteiger partial charge in [-0.1, -0.05) is 19.1 Å². The van der Waals surface area contributed by atoms with Crippen LogP contribution in [0.5, 0.6) is 0 Å². The Bertz CT molecular complexity index is 908. The molecule has 2 aromatic rings. The number of aryl methyl sites for hydroxylation is 1. The van der Waals surface area contributed by atoms with Crippen LogP contribution in [0.25, 0.3) is 0 Å². The third-order valence-corrected chi connectivity index (χ3v) is 4.94. The minimum atomic E-state index is -4.79. The molecule has 1 N–H and O–H groups in total. The summed E-state index contributed by atoms with van der Waals surface area (Å²) in [5.74, 6) is 0. The van der Waals surface area contributed by atoms with Crippen LogP contribution in [-0.4, -0.2) is 24.5 Å². The van der Waals surface area contributed by atoms with Crippen molar-refractivity contribution >= 4 is 10.0 Å². The summed E-state index contributed by atoms with van der Waals surface area (Å²) in [5.41, 5.74) is -1.00. The molecule has 0 unspecified atom stereocenters. The lowest BCUT2D eigenvalue weighted by molar-refractivity contribution is -0.139. The normalized spacial score (nSPS) is 12.3. The van der Waals surface area contributed by atoms with Gasteiger partial charge in [-0.05, 0) is 18.6 Å². The fourth-order valence-electron chi connectivity index (χ4n) is 2.14. The third kappa shape index (κ3) is 4.67. The van der Waals surface area contributed by atoms with Gasteiger partial charge in [-0.2, -0.15) is 13.2 Å². The van der Waals surface area contributed by atoms with E-state index >= 15 is 0 Å². The molecular weight excluding hydrogens is 359 g/mol.